The van der Waals surface area contributed by atoms with Crippen molar-refractivity contribution in [2.45, 2.75) is 22.1 Å². The Morgan fingerprint density at radius 1 is 1.03 bits per heavy atom. The summed E-state index contributed by atoms with van der Waals surface area (Å²) >= 11 is 13.4. The zero-order chi connectivity index (χ0) is 24.4. The third-order valence-corrected chi connectivity index (χ3v) is 7.17. The van der Waals surface area contributed by atoms with Crippen LogP contribution >= 0.6 is 35.6 Å². The SMILES string of the molecule is COc1ccc(N2C(=S)N[C@@H](c3ccccn3)[C@H]2c2ccc(Sc3ccc(Cl)cc3)o2)c(OC)c1. The molecule has 1 N–H and O–H groups in total. The highest BCUT2D eigenvalue weighted by molar-refractivity contribution is 7.99. The van der Waals surface area contributed by atoms with Gasteiger partial charge in [-0.15, -0.1) is 0 Å². The van der Waals surface area contributed by atoms with Crippen molar-refractivity contribution in [2.24, 2.45) is 0 Å². The lowest BCUT2D eigenvalue weighted by Gasteiger charge is -2.27. The normalized spacial score (nSPS) is 17.3. The number of anilines is 1. The van der Waals surface area contributed by atoms with Crippen LogP contribution in [0.25, 0.3) is 0 Å². The van der Waals surface area contributed by atoms with Crippen LogP contribution in [0.1, 0.15) is 23.5 Å². The summed E-state index contributed by atoms with van der Waals surface area (Å²) in [5, 5.41) is 5.45. The van der Waals surface area contributed by atoms with Gasteiger partial charge in [-0.1, -0.05) is 29.4 Å². The molecule has 1 saturated heterocycles. The molecule has 2 aromatic heterocycles. The summed E-state index contributed by atoms with van der Waals surface area (Å²) in [6, 6.07) is 22.6. The monoisotopic (exact) mass is 523 g/mol. The largest absolute Gasteiger partial charge is 0.497 e. The minimum absolute atomic E-state index is 0.227. The van der Waals surface area contributed by atoms with Gasteiger partial charge in [0.2, 0.25) is 0 Å². The number of rotatable bonds is 7. The molecule has 0 bridgehead atoms. The first-order chi connectivity index (χ1) is 17.1. The number of nitrogens with zero attached hydrogens (tertiary/aromatic N) is 2. The summed E-state index contributed by atoms with van der Waals surface area (Å²) in [6.07, 6.45) is 1.78. The Labute approximate surface area is 218 Å². The van der Waals surface area contributed by atoms with E-state index in [1.165, 1.54) is 11.8 Å². The molecule has 1 fully saturated rings. The Morgan fingerprint density at radius 2 is 1.86 bits per heavy atom. The van der Waals surface area contributed by atoms with E-state index in [2.05, 4.69) is 10.3 Å². The van der Waals surface area contributed by atoms with Crippen molar-refractivity contribution < 1.29 is 13.9 Å². The predicted octanol–water partition coefficient (Wildman–Crippen LogP) is 6.67. The van der Waals surface area contributed by atoms with Crippen LogP contribution in [0, 0.1) is 0 Å². The molecule has 1 aliphatic rings. The Kier molecular flexibility index (Phi) is 6.86. The number of halogens is 1. The maximum Gasteiger partial charge on any atom is 0.174 e. The number of nitrogens with one attached hydrogen (secondary N) is 1. The van der Waals surface area contributed by atoms with E-state index < -0.39 is 0 Å². The van der Waals surface area contributed by atoms with E-state index in [0.717, 1.165) is 27.1 Å². The van der Waals surface area contributed by atoms with Crippen LogP contribution in [-0.2, 0) is 0 Å². The molecule has 5 rings (SSSR count). The molecule has 2 atom stereocenters. The molecule has 0 unspecified atom stereocenters. The van der Waals surface area contributed by atoms with Crippen LogP contribution in [-0.4, -0.2) is 24.3 Å². The number of hydrogen-bond donors (Lipinski definition) is 1. The van der Waals surface area contributed by atoms with Gasteiger partial charge in [0.15, 0.2) is 10.2 Å². The molecule has 0 saturated carbocycles. The Bertz CT molecular complexity index is 1330. The van der Waals surface area contributed by atoms with E-state index in [-0.39, 0.29) is 12.1 Å². The molecule has 4 aromatic rings. The summed E-state index contributed by atoms with van der Waals surface area (Å²) in [6.45, 7) is 0. The van der Waals surface area contributed by atoms with E-state index in [1.54, 1.807) is 20.4 Å². The summed E-state index contributed by atoms with van der Waals surface area (Å²) in [5.74, 6) is 2.09. The van der Waals surface area contributed by atoms with Crippen molar-refractivity contribution in [3.63, 3.8) is 0 Å². The topological polar surface area (TPSA) is 59.8 Å². The first kappa shape index (κ1) is 23.5. The number of hydrogen-bond acceptors (Lipinski definition) is 6. The number of ether oxygens (including phenoxy) is 2. The molecule has 6 nitrogen and oxygen atoms in total. The van der Waals surface area contributed by atoms with E-state index in [1.807, 2.05) is 77.7 Å². The first-order valence-electron chi connectivity index (χ1n) is 10.8. The minimum Gasteiger partial charge on any atom is -0.497 e. The number of benzene rings is 2. The molecule has 35 heavy (non-hydrogen) atoms. The molecule has 178 valence electrons. The maximum atomic E-state index is 6.37. The Balaban J connectivity index is 1.55. The zero-order valence-electron chi connectivity index (χ0n) is 19.0. The van der Waals surface area contributed by atoms with Gasteiger partial charge >= 0.3 is 0 Å². The van der Waals surface area contributed by atoms with Gasteiger partial charge in [0.25, 0.3) is 0 Å². The van der Waals surface area contributed by atoms with Crippen molar-refractivity contribution in [1.29, 1.82) is 0 Å². The van der Waals surface area contributed by atoms with Crippen LogP contribution in [0.15, 0.2) is 93.4 Å². The number of methoxy groups -OCH3 is 2. The van der Waals surface area contributed by atoms with Crippen LogP contribution in [0.2, 0.25) is 5.02 Å². The fourth-order valence-electron chi connectivity index (χ4n) is 4.05. The minimum atomic E-state index is -0.292. The van der Waals surface area contributed by atoms with Crippen LogP contribution in [0.5, 0.6) is 11.5 Å². The first-order valence-corrected chi connectivity index (χ1v) is 12.4. The molecule has 1 aliphatic heterocycles. The molecular weight excluding hydrogens is 502 g/mol. The lowest BCUT2D eigenvalue weighted by atomic mass is 10.0. The zero-order valence-corrected chi connectivity index (χ0v) is 21.4. The Morgan fingerprint density at radius 3 is 2.57 bits per heavy atom. The third kappa shape index (κ3) is 4.82. The van der Waals surface area contributed by atoms with Crippen LogP contribution in [0.4, 0.5) is 5.69 Å². The summed E-state index contributed by atoms with van der Waals surface area (Å²) < 4.78 is 17.4. The van der Waals surface area contributed by atoms with Crippen LogP contribution < -0.4 is 19.7 Å². The predicted molar refractivity (Wildman–Crippen MR) is 142 cm³/mol. The summed E-state index contributed by atoms with van der Waals surface area (Å²) in [7, 11) is 3.25. The smallest absolute Gasteiger partial charge is 0.174 e. The number of furan rings is 1. The van der Waals surface area contributed by atoms with Gasteiger partial charge < -0.3 is 24.1 Å². The van der Waals surface area contributed by atoms with Gasteiger partial charge in [-0.2, -0.15) is 0 Å². The molecule has 9 heteroatoms. The van der Waals surface area contributed by atoms with Crippen molar-refractivity contribution in [3.8, 4) is 11.5 Å². The average molecular weight is 524 g/mol. The fraction of sp³-hybridized carbons (Fsp3) is 0.154. The maximum absolute atomic E-state index is 6.37. The fourth-order valence-corrected chi connectivity index (χ4v) is 5.30. The van der Waals surface area contributed by atoms with E-state index >= 15 is 0 Å². The second kappa shape index (κ2) is 10.2. The highest BCUT2D eigenvalue weighted by Gasteiger charge is 2.43. The second-order valence-electron chi connectivity index (χ2n) is 7.75. The molecule has 0 amide bonds. The molecule has 2 aromatic carbocycles. The second-order valence-corrected chi connectivity index (χ2v) is 9.65. The lowest BCUT2D eigenvalue weighted by molar-refractivity contribution is 0.378. The van der Waals surface area contributed by atoms with Gasteiger partial charge in [-0.05, 0) is 72.9 Å². The quantitative estimate of drug-likeness (QED) is 0.269. The van der Waals surface area contributed by atoms with Crippen molar-refractivity contribution in [3.05, 3.63) is 95.5 Å². The van der Waals surface area contributed by atoms with E-state index in [4.69, 9.17) is 37.7 Å². The van der Waals surface area contributed by atoms with Gasteiger partial charge in [0.1, 0.15) is 23.3 Å². The number of aromatic nitrogens is 1. The summed E-state index contributed by atoms with van der Waals surface area (Å²) in [4.78, 5) is 7.64. The molecular formula is C26H22ClN3O3S2. The number of pyridine rings is 1. The molecule has 0 radical (unpaired) electrons. The number of thiocarbonyl (C=S) groups is 1. The highest BCUT2D eigenvalue weighted by atomic mass is 35.5. The molecule has 3 heterocycles. The van der Waals surface area contributed by atoms with Gasteiger partial charge in [-0.25, -0.2) is 0 Å². The van der Waals surface area contributed by atoms with Gasteiger partial charge in [0.05, 0.1) is 31.6 Å². The van der Waals surface area contributed by atoms with Crippen LogP contribution in [0.3, 0.4) is 0 Å². The van der Waals surface area contributed by atoms with Crippen molar-refractivity contribution in [2.75, 3.05) is 19.1 Å². The van der Waals surface area contributed by atoms with E-state index in [9.17, 15) is 0 Å². The average Bonchev–Trinajstić information content (AvgIpc) is 3.49. The van der Waals surface area contributed by atoms with Gasteiger partial charge in [0, 0.05) is 22.2 Å². The molecule has 0 spiro atoms. The Hall–Kier alpha value is -3.20. The standard InChI is InChI=1S/C26H22ClN3O3S2/c1-31-17-8-11-20(22(15-17)32-2)30-25(24(29-26(30)34)19-5-3-4-14-28-19)21-12-13-23(33-21)35-18-9-6-16(27)7-10-18/h3-15,24-25H,1-2H3,(H,29,34)/t24-,25+/m0/s1. The molecule has 0 aliphatic carbocycles. The summed E-state index contributed by atoms with van der Waals surface area (Å²) in [5.41, 5.74) is 1.66. The van der Waals surface area contributed by atoms with Crippen molar-refractivity contribution >= 4 is 46.4 Å². The lowest BCUT2D eigenvalue weighted by Crippen LogP contribution is -2.29. The van der Waals surface area contributed by atoms with Crippen molar-refractivity contribution in [1.82, 2.24) is 10.3 Å². The third-order valence-electron chi connectivity index (χ3n) is 5.67. The highest BCUT2D eigenvalue weighted by Crippen LogP contribution is 2.46. The van der Waals surface area contributed by atoms with E-state index in [0.29, 0.717) is 21.6 Å². The van der Waals surface area contributed by atoms with Gasteiger partial charge in [-0.3, -0.25) is 4.98 Å².